The SMILES string of the molecule is CCC(CC)CN(CC)Cc1cccc(Cl)n1. The van der Waals surface area contributed by atoms with E-state index in [1.54, 1.807) is 0 Å². The molecule has 0 atom stereocenters. The van der Waals surface area contributed by atoms with Gasteiger partial charge in [0.25, 0.3) is 0 Å². The molecule has 2 nitrogen and oxygen atoms in total. The Bertz CT molecular complexity index is 324. The highest BCUT2D eigenvalue weighted by Gasteiger charge is 2.10. The first-order valence-corrected chi connectivity index (χ1v) is 6.91. The van der Waals surface area contributed by atoms with Gasteiger partial charge in [0.15, 0.2) is 0 Å². The molecule has 3 heteroatoms. The van der Waals surface area contributed by atoms with Crippen LogP contribution in [0.3, 0.4) is 0 Å². The van der Waals surface area contributed by atoms with Gasteiger partial charge < -0.3 is 0 Å². The van der Waals surface area contributed by atoms with E-state index in [0.29, 0.717) is 5.15 Å². The Morgan fingerprint density at radius 1 is 1.24 bits per heavy atom. The first kappa shape index (κ1) is 14.5. The van der Waals surface area contributed by atoms with Crippen molar-refractivity contribution in [2.45, 2.75) is 40.2 Å². The van der Waals surface area contributed by atoms with Crippen LogP contribution in [0, 0.1) is 5.92 Å². The lowest BCUT2D eigenvalue weighted by atomic mass is 10.0. The van der Waals surface area contributed by atoms with Gasteiger partial charge in [0.1, 0.15) is 5.15 Å². The summed E-state index contributed by atoms with van der Waals surface area (Å²) in [5.74, 6) is 0.786. The van der Waals surface area contributed by atoms with Gasteiger partial charge in [0.2, 0.25) is 0 Å². The molecule has 0 fully saturated rings. The molecule has 0 amide bonds. The van der Waals surface area contributed by atoms with Gasteiger partial charge in [-0.2, -0.15) is 0 Å². The number of nitrogens with zero attached hydrogens (tertiary/aromatic N) is 2. The van der Waals surface area contributed by atoms with Crippen molar-refractivity contribution in [3.05, 3.63) is 29.0 Å². The smallest absolute Gasteiger partial charge is 0.129 e. The lowest BCUT2D eigenvalue weighted by molar-refractivity contribution is 0.224. The van der Waals surface area contributed by atoms with Crippen LogP contribution >= 0.6 is 11.6 Å². The molecule has 96 valence electrons. The maximum Gasteiger partial charge on any atom is 0.129 e. The van der Waals surface area contributed by atoms with Crippen LogP contribution in [0.4, 0.5) is 0 Å². The predicted molar refractivity (Wildman–Crippen MR) is 74.3 cm³/mol. The molecular formula is C14H23ClN2. The number of rotatable bonds is 7. The normalized spacial score (nSPS) is 11.4. The van der Waals surface area contributed by atoms with E-state index in [-0.39, 0.29) is 0 Å². The van der Waals surface area contributed by atoms with E-state index in [1.165, 1.54) is 12.8 Å². The lowest BCUT2D eigenvalue weighted by Gasteiger charge is -2.24. The molecular weight excluding hydrogens is 232 g/mol. The van der Waals surface area contributed by atoms with Gasteiger partial charge in [0.05, 0.1) is 5.69 Å². The number of aromatic nitrogens is 1. The fraction of sp³-hybridized carbons (Fsp3) is 0.643. The fourth-order valence-electron chi connectivity index (χ4n) is 1.98. The number of halogens is 1. The second kappa shape index (κ2) is 7.67. The molecule has 0 aliphatic heterocycles. The minimum atomic E-state index is 0.584. The lowest BCUT2D eigenvalue weighted by Crippen LogP contribution is -2.29. The molecule has 0 saturated carbocycles. The molecule has 0 aliphatic carbocycles. The molecule has 0 unspecified atom stereocenters. The predicted octanol–water partition coefficient (Wildman–Crippen LogP) is 3.99. The standard InChI is InChI=1S/C14H23ClN2/c1-4-12(5-2)10-17(6-3)11-13-8-7-9-14(15)16-13/h7-9,12H,4-6,10-11H2,1-3H3. The van der Waals surface area contributed by atoms with Crippen LogP contribution in [0.5, 0.6) is 0 Å². The van der Waals surface area contributed by atoms with E-state index in [0.717, 1.165) is 31.2 Å². The van der Waals surface area contributed by atoms with Crippen LogP contribution in [0.1, 0.15) is 39.3 Å². The molecule has 0 saturated heterocycles. The maximum absolute atomic E-state index is 5.90. The summed E-state index contributed by atoms with van der Waals surface area (Å²) in [6.45, 7) is 9.84. The van der Waals surface area contributed by atoms with E-state index >= 15 is 0 Å². The highest BCUT2D eigenvalue weighted by atomic mass is 35.5. The number of pyridine rings is 1. The van der Waals surface area contributed by atoms with E-state index in [4.69, 9.17) is 11.6 Å². The quantitative estimate of drug-likeness (QED) is 0.684. The summed E-state index contributed by atoms with van der Waals surface area (Å²) < 4.78 is 0. The Balaban J connectivity index is 2.57. The van der Waals surface area contributed by atoms with E-state index in [1.807, 2.05) is 18.2 Å². The third-order valence-corrected chi connectivity index (χ3v) is 3.49. The van der Waals surface area contributed by atoms with Gasteiger partial charge in [0, 0.05) is 13.1 Å². The zero-order valence-electron chi connectivity index (χ0n) is 11.1. The van der Waals surface area contributed by atoms with Gasteiger partial charge in [-0.15, -0.1) is 0 Å². The molecule has 0 spiro atoms. The van der Waals surface area contributed by atoms with Crippen LogP contribution in [0.15, 0.2) is 18.2 Å². The van der Waals surface area contributed by atoms with Crippen molar-refractivity contribution in [3.63, 3.8) is 0 Å². The zero-order chi connectivity index (χ0) is 12.7. The van der Waals surface area contributed by atoms with Crippen molar-refractivity contribution in [3.8, 4) is 0 Å². The molecule has 0 N–H and O–H groups in total. The van der Waals surface area contributed by atoms with Crippen LogP contribution in [-0.4, -0.2) is 23.0 Å². The van der Waals surface area contributed by atoms with Gasteiger partial charge in [-0.3, -0.25) is 4.90 Å². The second-order valence-corrected chi connectivity index (χ2v) is 4.85. The third kappa shape index (κ3) is 5.05. The maximum atomic E-state index is 5.90. The number of hydrogen-bond acceptors (Lipinski definition) is 2. The molecule has 1 aromatic heterocycles. The Morgan fingerprint density at radius 3 is 2.47 bits per heavy atom. The molecule has 17 heavy (non-hydrogen) atoms. The minimum absolute atomic E-state index is 0.584. The third-order valence-electron chi connectivity index (χ3n) is 3.28. The van der Waals surface area contributed by atoms with Crippen LogP contribution < -0.4 is 0 Å². The first-order chi connectivity index (χ1) is 8.19. The Kier molecular flexibility index (Phi) is 6.53. The van der Waals surface area contributed by atoms with Crippen molar-refractivity contribution < 1.29 is 0 Å². The molecule has 0 aromatic carbocycles. The van der Waals surface area contributed by atoms with E-state index in [2.05, 4.69) is 30.7 Å². The summed E-state index contributed by atoms with van der Waals surface area (Å²) >= 11 is 5.90. The first-order valence-electron chi connectivity index (χ1n) is 6.53. The van der Waals surface area contributed by atoms with Crippen LogP contribution in [-0.2, 0) is 6.54 Å². The molecule has 1 rings (SSSR count). The van der Waals surface area contributed by atoms with Crippen molar-refractivity contribution in [1.82, 2.24) is 9.88 Å². The molecule has 0 aliphatic rings. The molecule has 1 aromatic rings. The topological polar surface area (TPSA) is 16.1 Å². The molecule has 0 radical (unpaired) electrons. The number of hydrogen-bond donors (Lipinski definition) is 0. The summed E-state index contributed by atoms with van der Waals surface area (Å²) in [4.78, 5) is 6.78. The van der Waals surface area contributed by atoms with Crippen LogP contribution in [0.2, 0.25) is 5.15 Å². The van der Waals surface area contributed by atoms with Gasteiger partial charge in [-0.1, -0.05) is 51.3 Å². The van der Waals surface area contributed by atoms with Crippen molar-refractivity contribution in [2.24, 2.45) is 5.92 Å². The molecule has 0 bridgehead atoms. The fourth-order valence-corrected chi connectivity index (χ4v) is 2.17. The summed E-state index contributed by atoms with van der Waals surface area (Å²) in [6.07, 6.45) is 2.49. The highest BCUT2D eigenvalue weighted by molar-refractivity contribution is 6.29. The van der Waals surface area contributed by atoms with Crippen molar-refractivity contribution in [1.29, 1.82) is 0 Å². The largest absolute Gasteiger partial charge is 0.298 e. The summed E-state index contributed by atoms with van der Waals surface area (Å²) in [5, 5.41) is 0.584. The van der Waals surface area contributed by atoms with Gasteiger partial charge in [-0.25, -0.2) is 4.98 Å². The summed E-state index contributed by atoms with van der Waals surface area (Å²) in [7, 11) is 0. The zero-order valence-corrected chi connectivity index (χ0v) is 11.9. The van der Waals surface area contributed by atoms with Gasteiger partial charge in [-0.05, 0) is 24.6 Å². The summed E-state index contributed by atoms with van der Waals surface area (Å²) in [6, 6.07) is 5.83. The average molecular weight is 255 g/mol. The monoisotopic (exact) mass is 254 g/mol. The minimum Gasteiger partial charge on any atom is -0.298 e. The van der Waals surface area contributed by atoms with Crippen LogP contribution in [0.25, 0.3) is 0 Å². The van der Waals surface area contributed by atoms with E-state index < -0.39 is 0 Å². The van der Waals surface area contributed by atoms with Crippen molar-refractivity contribution >= 4 is 11.6 Å². The highest BCUT2D eigenvalue weighted by Crippen LogP contribution is 2.13. The van der Waals surface area contributed by atoms with Crippen molar-refractivity contribution in [2.75, 3.05) is 13.1 Å². The van der Waals surface area contributed by atoms with Gasteiger partial charge >= 0.3 is 0 Å². The average Bonchev–Trinajstić information content (AvgIpc) is 2.34. The Labute approximate surface area is 110 Å². The van der Waals surface area contributed by atoms with E-state index in [9.17, 15) is 0 Å². The molecule has 1 heterocycles. The second-order valence-electron chi connectivity index (χ2n) is 4.46. The Hall–Kier alpha value is -0.600. The Morgan fingerprint density at radius 2 is 1.94 bits per heavy atom. The summed E-state index contributed by atoms with van der Waals surface area (Å²) in [5.41, 5.74) is 1.06.